The maximum absolute atomic E-state index is 6.56. The van der Waals surface area contributed by atoms with Crippen LogP contribution in [0.25, 0.3) is 67.3 Å². The highest BCUT2D eigenvalue weighted by Gasteiger charge is 2.40. The van der Waals surface area contributed by atoms with Crippen molar-refractivity contribution in [1.29, 1.82) is 0 Å². The van der Waals surface area contributed by atoms with Gasteiger partial charge in [-0.15, -0.1) is 0 Å². The monoisotopic (exact) mass is 928 g/mol. The van der Waals surface area contributed by atoms with Crippen LogP contribution in [0.1, 0.15) is 0 Å². The summed E-state index contributed by atoms with van der Waals surface area (Å²) < 4.78 is 11.0. The minimum Gasteiger partial charge on any atom is -0.464 e. The number of hydrogen-bond acceptors (Lipinski definition) is 7. The van der Waals surface area contributed by atoms with Gasteiger partial charge in [0.25, 0.3) is 0 Å². The summed E-state index contributed by atoms with van der Waals surface area (Å²) in [6.45, 7) is 0.182. The zero-order valence-electron chi connectivity index (χ0n) is 36.2. The van der Waals surface area contributed by atoms with Gasteiger partial charge in [-0.25, -0.2) is 9.97 Å². The Labute approximate surface area is 404 Å². The van der Waals surface area contributed by atoms with Crippen molar-refractivity contribution >= 4 is 115 Å². The van der Waals surface area contributed by atoms with E-state index in [0.717, 1.165) is 67.3 Å². The molecule has 11 heteroatoms. The molecule has 7 heterocycles. The number of fused-ring (bicyclic) bond motifs is 10. The van der Waals surface area contributed by atoms with Crippen LogP contribution in [-0.2, 0) is 14.1 Å². The summed E-state index contributed by atoms with van der Waals surface area (Å²) in [5.41, 5.74) is 18.0. The van der Waals surface area contributed by atoms with Crippen molar-refractivity contribution in [2.45, 2.75) is 39.2 Å². The van der Waals surface area contributed by atoms with Crippen LogP contribution < -0.4 is 32.8 Å². The number of aryl methyl sites for hydroxylation is 2. The van der Waals surface area contributed by atoms with Gasteiger partial charge in [0.15, 0.2) is 0 Å². The highest BCUT2D eigenvalue weighted by Crippen LogP contribution is 2.43. The lowest BCUT2D eigenvalue weighted by Crippen LogP contribution is -2.58. The molecular weight excluding hydrogens is 895 g/mol. The Morgan fingerprint density at radius 3 is 1.25 bits per heavy atom. The molecule has 314 valence electrons. The maximum atomic E-state index is 6.56. The Hall–Kier alpha value is -6.49. The quantitative estimate of drug-likeness (QED) is 0.163. The van der Waals surface area contributed by atoms with Crippen molar-refractivity contribution in [3.8, 4) is 45.2 Å². The van der Waals surface area contributed by atoms with E-state index in [1.807, 2.05) is 53.3 Å². The summed E-state index contributed by atoms with van der Waals surface area (Å²) in [4.78, 5) is 20.7. The van der Waals surface area contributed by atoms with E-state index in [1.165, 1.54) is 71.9 Å². The first kappa shape index (κ1) is 38.6. The van der Waals surface area contributed by atoms with Gasteiger partial charge in [0.1, 0.15) is 17.4 Å². The SMILES string of the molecule is Cn1c(-c2ccc3c(c2)B2c4cc(-c5coc(-c6ccc7c(c6)B6c8cc(-c9nc%10ccccc%10n9C)ccc8Sc8cccc(c86)S7)c5)ccc4Sc4cccc(c42)S3)nc2ccccc21. The molecule has 0 saturated carbocycles. The molecule has 67 heavy (non-hydrogen) atoms. The predicted molar refractivity (Wildman–Crippen MR) is 281 cm³/mol. The van der Waals surface area contributed by atoms with Gasteiger partial charge in [0.05, 0.1) is 28.3 Å². The van der Waals surface area contributed by atoms with E-state index in [0.29, 0.717) is 0 Å². The van der Waals surface area contributed by atoms with Gasteiger partial charge < -0.3 is 13.6 Å². The van der Waals surface area contributed by atoms with Crippen molar-refractivity contribution in [3.05, 3.63) is 170 Å². The molecular formula is C56H34B2N4OS4. The number of para-hydroxylation sites is 4. The molecule has 0 bridgehead atoms. The van der Waals surface area contributed by atoms with Crippen LogP contribution in [0.4, 0.5) is 0 Å². The van der Waals surface area contributed by atoms with Crippen LogP contribution in [-0.4, -0.2) is 32.5 Å². The van der Waals surface area contributed by atoms with Gasteiger partial charge in [-0.1, -0.05) is 154 Å². The van der Waals surface area contributed by atoms with Crippen LogP contribution in [0.15, 0.2) is 214 Å². The largest absolute Gasteiger partial charge is 0.464 e. The third-order valence-electron chi connectivity index (χ3n) is 14.1. The molecule has 0 unspecified atom stereocenters. The number of benzene rings is 8. The molecule has 4 aliphatic rings. The number of furan rings is 1. The van der Waals surface area contributed by atoms with Crippen molar-refractivity contribution in [2.24, 2.45) is 14.1 Å². The second-order valence-corrected chi connectivity index (χ2v) is 22.1. The molecule has 8 aromatic carbocycles. The zero-order valence-corrected chi connectivity index (χ0v) is 39.4. The Kier molecular flexibility index (Phi) is 8.36. The van der Waals surface area contributed by atoms with E-state index < -0.39 is 0 Å². The fourth-order valence-corrected chi connectivity index (χ4v) is 15.7. The van der Waals surface area contributed by atoms with E-state index >= 15 is 0 Å². The van der Waals surface area contributed by atoms with Crippen molar-refractivity contribution in [1.82, 2.24) is 19.1 Å². The van der Waals surface area contributed by atoms with Gasteiger partial charge in [-0.2, -0.15) is 0 Å². The molecule has 0 amide bonds. The lowest BCUT2D eigenvalue weighted by atomic mass is 9.36. The average Bonchev–Trinajstić information content (AvgIpc) is 4.09. The van der Waals surface area contributed by atoms with E-state index in [9.17, 15) is 0 Å². The molecule has 0 saturated heterocycles. The first-order valence-corrected chi connectivity index (χ1v) is 25.7. The van der Waals surface area contributed by atoms with Crippen molar-refractivity contribution in [2.75, 3.05) is 0 Å². The number of aromatic nitrogens is 4. The minimum absolute atomic E-state index is 0.0853. The standard InChI is InChI=1S/C56H34B2N4OS4/c1-61-42-11-5-3-9-40(42)59-55(61)33-19-23-47-38(27-33)57-36-25-31(17-21-45(36)64-49-13-7-14-50(66-47)53(49)57)35-29-44(63-30-35)32-18-22-46-37(26-32)58-39-28-34(56-60-41-10-4-6-12-43(41)62(56)2)20-24-48(39)67-52-16-8-15-51(65-46)54(52)58/h3-30H,1-2H3. The molecule has 0 fully saturated rings. The van der Waals surface area contributed by atoms with E-state index in [2.05, 4.69) is 187 Å². The van der Waals surface area contributed by atoms with Crippen molar-refractivity contribution < 1.29 is 4.42 Å². The number of hydrogen-bond donors (Lipinski definition) is 0. The third kappa shape index (κ3) is 5.78. The van der Waals surface area contributed by atoms with Gasteiger partial charge in [0, 0.05) is 75.5 Å². The molecule has 15 rings (SSSR count). The average molecular weight is 929 g/mol. The third-order valence-corrected chi connectivity index (χ3v) is 18.8. The summed E-state index contributed by atoms with van der Waals surface area (Å²) in [6, 6.07) is 60.4. The second kappa shape index (κ2) is 14.5. The van der Waals surface area contributed by atoms with Crippen LogP contribution in [0.3, 0.4) is 0 Å². The maximum Gasteiger partial charge on any atom is 0.247 e. The number of rotatable bonds is 4. The Morgan fingerprint density at radius 1 is 0.388 bits per heavy atom. The van der Waals surface area contributed by atoms with Crippen molar-refractivity contribution in [3.63, 3.8) is 0 Å². The highest BCUT2D eigenvalue weighted by molar-refractivity contribution is 8.02. The molecule has 3 aromatic heterocycles. The van der Waals surface area contributed by atoms with Gasteiger partial charge in [-0.05, 0) is 95.4 Å². The predicted octanol–water partition coefficient (Wildman–Crippen LogP) is 10.6. The molecule has 0 spiro atoms. The Bertz CT molecular complexity index is 3680. The highest BCUT2D eigenvalue weighted by atomic mass is 32.2. The molecule has 11 aromatic rings. The molecule has 5 nitrogen and oxygen atoms in total. The summed E-state index contributed by atoms with van der Waals surface area (Å²) in [6.07, 6.45) is 1.94. The lowest BCUT2D eigenvalue weighted by Gasteiger charge is -2.33. The smallest absolute Gasteiger partial charge is 0.247 e. The van der Waals surface area contributed by atoms with Gasteiger partial charge in [-0.3, -0.25) is 0 Å². The summed E-state index contributed by atoms with van der Waals surface area (Å²) >= 11 is 7.54. The van der Waals surface area contributed by atoms with Crippen LogP contribution in [0.5, 0.6) is 0 Å². The fraction of sp³-hybridized carbons (Fsp3) is 0.0357. The lowest BCUT2D eigenvalue weighted by molar-refractivity contribution is 0.583. The van der Waals surface area contributed by atoms with Gasteiger partial charge in [0.2, 0.25) is 13.4 Å². The molecule has 0 atom stereocenters. The minimum atomic E-state index is 0.0853. The molecule has 0 N–H and O–H groups in total. The summed E-state index contributed by atoms with van der Waals surface area (Å²) in [5.74, 6) is 2.83. The zero-order chi connectivity index (χ0) is 44.1. The number of imidazole rings is 2. The first-order chi connectivity index (χ1) is 33.0. The Morgan fingerprint density at radius 2 is 0.791 bits per heavy atom. The first-order valence-electron chi connectivity index (χ1n) is 22.4. The molecule has 4 aliphatic heterocycles. The summed E-state index contributed by atoms with van der Waals surface area (Å²) in [7, 11) is 4.24. The molecule has 0 radical (unpaired) electrons. The van der Waals surface area contributed by atoms with Crippen LogP contribution >= 0.6 is 47.0 Å². The normalized spacial score (nSPS) is 13.8. The van der Waals surface area contributed by atoms with E-state index in [1.54, 1.807) is 0 Å². The van der Waals surface area contributed by atoms with Crippen LogP contribution in [0.2, 0.25) is 0 Å². The van der Waals surface area contributed by atoms with E-state index in [4.69, 9.17) is 14.4 Å². The topological polar surface area (TPSA) is 48.8 Å². The summed E-state index contributed by atoms with van der Waals surface area (Å²) in [5, 5.41) is 0. The Balaban J connectivity index is 0.815. The van der Waals surface area contributed by atoms with Crippen LogP contribution in [0, 0.1) is 0 Å². The fourth-order valence-electron chi connectivity index (χ4n) is 10.9. The van der Waals surface area contributed by atoms with Gasteiger partial charge >= 0.3 is 0 Å². The molecule has 0 aliphatic carbocycles. The van der Waals surface area contributed by atoms with E-state index in [-0.39, 0.29) is 13.4 Å². The second-order valence-electron chi connectivity index (χ2n) is 17.8. The number of nitrogens with zero attached hydrogens (tertiary/aromatic N) is 4.